The second-order valence-corrected chi connectivity index (χ2v) is 3.54. The fraction of sp³-hybridized carbons (Fsp3) is 0.400. The quantitative estimate of drug-likeness (QED) is 0.652. The van der Waals surface area contributed by atoms with Crippen LogP contribution in [-0.2, 0) is 4.74 Å². The van der Waals surface area contributed by atoms with Crippen LogP contribution in [0.25, 0.3) is 0 Å². The van der Waals surface area contributed by atoms with E-state index in [-0.39, 0.29) is 24.1 Å². The minimum Gasteiger partial charge on any atom is -0.378 e. The van der Waals surface area contributed by atoms with E-state index in [0.717, 1.165) is 6.07 Å². The van der Waals surface area contributed by atoms with E-state index in [1.165, 1.54) is 12.1 Å². The molecule has 17 heavy (non-hydrogen) atoms. The van der Waals surface area contributed by atoms with Gasteiger partial charge in [-0.15, -0.1) is 12.4 Å². The number of nitro groups is 1. The topological polar surface area (TPSA) is 64.4 Å². The van der Waals surface area contributed by atoms with Crippen LogP contribution in [0.3, 0.4) is 0 Å². The third-order valence-electron chi connectivity index (χ3n) is 2.49. The Hall–Kier alpha value is -1.24. The van der Waals surface area contributed by atoms with Crippen molar-refractivity contribution in [3.63, 3.8) is 0 Å². The van der Waals surface area contributed by atoms with Gasteiger partial charge in [-0.2, -0.15) is 0 Å². The molecule has 2 rings (SSSR count). The van der Waals surface area contributed by atoms with E-state index in [2.05, 4.69) is 5.32 Å². The molecule has 94 valence electrons. The number of rotatable bonds is 2. The molecule has 1 N–H and O–H groups in total. The van der Waals surface area contributed by atoms with Crippen molar-refractivity contribution in [1.29, 1.82) is 0 Å². The first-order chi connectivity index (χ1) is 7.68. The molecule has 1 heterocycles. The van der Waals surface area contributed by atoms with Gasteiger partial charge in [0.15, 0.2) is 0 Å². The van der Waals surface area contributed by atoms with Crippen LogP contribution in [0, 0.1) is 15.9 Å². The summed E-state index contributed by atoms with van der Waals surface area (Å²) in [5.41, 5.74) is 0.258. The van der Waals surface area contributed by atoms with Gasteiger partial charge in [0, 0.05) is 12.1 Å². The van der Waals surface area contributed by atoms with Crippen LogP contribution in [0.15, 0.2) is 18.2 Å². The van der Waals surface area contributed by atoms with E-state index in [1.54, 1.807) is 0 Å². The lowest BCUT2D eigenvalue weighted by Crippen LogP contribution is -2.34. The molecule has 0 spiro atoms. The van der Waals surface area contributed by atoms with Gasteiger partial charge < -0.3 is 10.1 Å². The lowest BCUT2D eigenvalue weighted by Gasteiger charge is -2.23. The van der Waals surface area contributed by atoms with Crippen molar-refractivity contribution in [1.82, 2.24) is 5.32 Å². The smallest absolute Gasteiger partial charge is 0.277 e. The third-order valence-corrected chi connectivity index (χ3v) is 2.49. The maximum absolute atomic E-state index is 12.9. The van der Waals surface area contributed by atoms with E-state index >= 15 is 0 Å². The molecule has 0 unspecified atom stereocenters. The number of morpholine rings is 1. The van der Waals surface area contributed by atoms with Crippen LogP contribution in [0.5, 0.6) is 0 Å². The Bertz CT molecular complexity index is 411. The predicted molar refractivity (Wildman–Crippen MR) is 61.9 cm³/mol. The van der Waals surface area contributed by atoms with Crippen molar-refractivity contribution < 1.29 is 14.1 Å². The lowest BCUT2D eigenvalue weighted by atomic mass is 10.0. The summed E-state index contributed by atoms with van der Waals surface area (Å²) in [6.07, 6.45) is 0. The Morgan fingerprint density at radius 1 is 1.53 bits per heavy atom. The van der Waals surface area contributed by atoms with Crippen LogP contribution < -0.4 is 5.32 Å². The van der Waals surface area contributed by atoms with Crippen LogP contribution in [-0.4, -0.2) is 24.7 Å². The molecule has 1 aliphatic heterocycles. The van der Waals surface area contributed by atoms with Crippen LogP contribution in [0.2, 0.25) is 0 Å². The summed E-state index contributed by atoms with van der Waals surface area (Å²) < 4.78 is 18.1. The van der Waals surface area contributed by atoms with Crippen molar-refractivity contribution >= 4 is 18.1 Å². The van der Waals surface area contributed by atoms with Gasteiger partial charge in [-0.3, -0.25) is 10.1 Å². The highest BCUT2D eigenvalue weighted by Gasteiger charge is 2.24. The molecule has 0 radical (unpaired) electrons. The number of nitrogens with one attached hydrogen (secondary N) is 1. The molecule has 0 aliphatic carbocycles. The molecule has 7 heteroatoms. The van der Waals surface area contributed by atoms with Crippen molar-refractivity contribution in [2.75, 3.05) is 19.8 Å². The van der Waals surface area contributed by atoms with Gasteiger partial charge in [-0.25, -0.2) is 4.39 Å². The van der Waals surface area contributed by atoms with Gasteiger partial charge in [0.25, 0.3) is 5.69 Å². The van der Waals surface area contributed by atoms with E-state index in [0.29, 0.717) is 25.3 Å². The molecule has 1 aliphatic rings. The zero-order valence-corrected chi connectivity index (χ0v) is 9.71. The minimum absolute atomic E-state index is 0. The molecule has 1 aromatic rings. The number of nitrogens with zero attached hydrogens (tertiary/aromatic N) is 1. The maximum Gasteiger partial charge on any atom is 0.277 e. The van der Waals surface area contributed by atoms with Crippen LogP contribution >= 0.6 is 12.4 Å². The number of hydrogen-bond donors (Lipinski definition) is 1. The second kappa shape index (κ2) is 5.90. The summed E-state index contributed by atoms with van der Waals surface area (Å²) in [4.78, 5) is 10.2. The third kappa shape index (κ3) is 3.12. The SMILES string of the molecule is Cl.O=[N+]([O-])c1cc(F)ccc1[C@H]1COCCN1. The minimum atomic E-state index is -0.604. The summed E-state index contributed by atoms with van der Waals surface area (Å²) in [5, 5.41) is 13.9. The van der Waals surface area contributed by atoms with Crippen LogP contribution in [0.4, 0.5) is 10.1 Å². The highest BCUT2D eigenvalue weighted by Crippen LogP contribution is 2.27. The molecule has 1 aromatic carbocycles. The Kier molecular flexibility index (Phi) is 4.80. The average Bonchev–Trinajstić information content (AvgIpc) is 2.30. The zero-order chi connectivity index (χ0) is 11.5. The average molecular weight is 263 g/mol. The first kappa shape index (κ1) is 13.8. The molecular weight excluding hydrogens is 251 g/mol. The Labute approximate surface area is 104 Å². The van der Waals surface area contributed by atoms with Crippen LogP contribution in [0.1, 0.15) is 11.6 Å². The molecule has 0 saturated carbocycles. The van der Waals surface area contributed by atoms with Gasteiger partial charge in [0.05, 0.1) is 30.2 Å². The van der Waals surface area contributed by atoms with Crippen molar-refractivity contribution in [2.24, 2.45) is 0 Å². The summed E-state index contributed by atoms with van der Waals surface area (Å²) in [7, 11) is 0. The zero-order valence-electron chi connectivity index (χ0n) is 8.89. The molecule has 0 bridgehead atoms. The normalized spacial score (nSPS) is 19.5. The molecule has 1 atom stereocenters. The predicted octanol–water partition coefficient (Wildman–Crippen LogP) is 1.82. The molecule has 1 saturated heterocycles. The van der Waals surface area contributed by atoms with E-state index in [1.807, 2.05) is 0 Å². The Morgan fingerprint density at radius 3 is 2.88 bits per heavy atom. The molecule has 0 aromatic heterocycles. The number of ether oxygens (including phenoxy) is 1. The van der Waals surface area contributed by atoms with Gasteiger partial charge in [-0.1, -0.05) is 0 Å². The van der Waals surface area contributed by atoms with E-state index in [4.69, 9.17) is 4.74 Å². The van der Waals surface area contributed by atoms with Gasteiger partial charge in [0.2, 0.25) is 0 Å². The van der Waals surface area contributed by atoms with Gasteiger partial charge in [-0.05, 0) is 12.1 Å². The number of nitro benzene ring substituents is 1. The maximum atomic E-state index is 12.9. The van der Waals surface area contributed by atoms with E-state index < -0.39 is 10.7 Å². The molecule has 1 fully saturated rings. The largest absolute Gasteiger partial charge is 0.378 e. The summed E-state index contributed by atoms with van der Waals surface area (Å²) in [6, 6.07) is 3.35. The fourth-order valence-corrected chi connectivity index (χ4v) is 1.73. The molecule has 0 amide bonds. The first-order valence-electron chi connectivity index (χ1n) is 4.93. The summed E-state index contributed by atoms with van der Waals surface area (Å²) in [5.74, 6) is -0.604. The Balaban J connectivity index is 0.00000144. The summed E-state index contributed by atoms with van der Waals surface area (Å²) in [6.45, 7) is 1.59. The highest BCUT2D eigenvalue weighted by molar-refractivity contribution is 5.85. The number of halogens is 2. The lowest BCUT2D eigenvalue weighted by molar-refractivity contribution is -0.386. The number of benzene rings is 1. The van der Waals surface area contributed by atoms with Crippen molar-refractivity contribution in [2.45, 2.75) is 6.04 Å². The molecular formula is C10H12ClFN2O3. The molecule has 5 nitrogen and oxygen atoms in total. The highest BCUT2D eigenvalue weighted by atomic mass is 35.5. The van der Waals surface area contributed by atoms with Crippen molar-refractivity contribution in [3.8, 4) is 0 Å². The van der Waals surface area contributed by atoms with Gasteiger partial charge >= 0.3 is 0 Å². The second-order valence-electron chi connectivity index (χ2n) is 3.54. The van der Waals surface area contributed by atoms with E-state index in [9.17, 15) is 14.5 Å². The number of hydrogen-bond acceptors (Lipinski definition) is 4. The monoisotopic (exact) mass is 262 g/mol. The standard InChI is InChI=1S/C10H11FN2O3.ClH/c11-7-1-2-8(10(5-7)13(14)15)9-6-16-4-3-12-9;/h1-2,5,9,12H,3-4,6H2;1H/t9-;/m1./s1. The summed E-state index contributed by atoms with van der Waals surface area (Å²) >= 11 is 0. The van der Waals surface area contributed by atoms with Crippen molar-refractivity contribution in [3.05, 3.63) is 39.7 Å². The van der Waals surface area contributed by atoms with Gasteiger partial charge in [0.1, 0.15) is 5.82 Å². The fourth-order valence-electron chi connectivity index (χ4n) is 1.73. The Morgan fingerprint density at radius 2 is 2.29 bits per heavy atom. The first-order valence-corrected chi connectivity index (χ1v) is 4.93.